The SMILES string of the molecule is C=C(F)/C=C\C(=C/CF)c1ccc(C)c(C)c1. The molecule has 0 radical (unpaired) electrons. The molecule has 17 heavy (non-hydrogen) atoms. The van der Waals surface area contributed by atoms with Crippen LogP contribution in [0.25, 0.3) is 5.57 Å². The van der Waals surface area contributed by atoms with Gasteiger partial charge in [-0.2, -0.15) is 0 Å². The van der Waals surface area contributed by atoms with Crippen LogP contribution in [0.15, 0.2) is 48.8 Å². The predicted octanol–water partition coefficient (Wildman–Crippen LogP) is 4.70. The molecule has 0 aliphatic carbocycles. The molecule has 0 N–H and O–H groups in total. The van der Waals surface area contributed by atoms with Gasteiger partial charge in [-0.1, -0.05) is 30.9 Å². The molecular formula is C15H16F2. The van der Waals surface area contributed by atoms with E-state index in [1.54, 1.807) is 0 Å². The highest BCUT2D eigenvalue weighted by atomic mass is 19.1. The van der Waals surface area contributed by atoms with E-state index in [1.807, 2.05) is 32.0 Å². The second kappa shape index (κ2) is 6.14. The molecule has 0 saturated heterocycles. The summed E-state index contributed by atoms with van der Waals surface area (Å²) < 4.78 is 25.0. The van der Waals surface area contributed by atoms with Gasteiger partial charge in [0.05, 0.1) is 0 Å². The molecule has 0 nitrogen and oxygen atoms in total. The maximum Gasteiger partial charge on any atom is 0.116 e. The average Bonchev–Trinajstić information content (AvgIpc) is 2.28. The van der Waals surface area contributed by atoms with Crippen LogP contribution >= 0.6 is 0 Å². The van der Waals surface area contributed by atoms with Crippen LogP contribution in [0, 0.1) is 13.8 Å². The van der Waals surface area contributed by atoms with E-state index in [1.165, 1.54) is 23.8 Å². The van der Waals surface area contributed by atoms with Crippen LogP contribution in [0.5, 0.6) is 0 Å². The third-order valence-electron chi connectivity index (χ3n) is 2.58. The first kappa shape index (κ1) is 13.4. The minimum atomic E-state index is -0.578. The van der Waals surface area contributed by atoms with Gasteiger partial charge in [0, 0.05) is 0 Å². The summed E-state index contributed by atoms with van der Waals surface area (Å²) in [4.78, 5) is 0. The number of rotatable bonds is 4. The molecule has 2 heteroatoms. The number of hydrogen-bond acceptors (Lipinski definition) is 0. The molecular weight excluding hydrogens is 218 g/mol. The Morgan fingerprint density at radius 2 is 1.94 bits per heavy atom. The lowest BCUT2D eigenvalue weighted by atomic mass is 10.00. The van der Waals surface area contributed by atoms with Crippen LogP contribution in [0.4, 0.5) is 8.78 Å². The van der Waals surface area contributed by atoms with E-state index in [0.717, 1.165) is 11.1 Å². The van der Waals surface area contributed by atoms with Crippen LogP contribution in [-0.2, 0) is 0 Å². The fraction of sp³-hybridized carbons (Fsp3) is 0.200. The molecule has 0 fully saturated rings. The monoisotopic (exact) mass is 234 g/mol. The maximum absolute atomic E-state index is 12.6. The van der Waals surface area contributed by atoms with Crippen molar-refractivity contribution in [1.82, 2.24) is 0 Å². The number of halogens is 2. The zero-order chi connectivity index (χ0) is 12.8. The van der Waals surface area contributed by atoms with Crippen molar-refractivity contribution in [2.24, 2.45) is 0 Å². The van der Waals surface area contributed by atoms with Crippen molar-refractivity contribution in [3.8, 4) is 0 Å². The first-order chi connectivity index (χ1) is 8.04. The summed E-state index contributed by atoms with van der Waals surface area (Å²) in [5, 5.41) is 0. The van der Waals surface area contributed by atoms with Gasteiger partial charge in [0.2, 0.25) is 0 Å². The fourth-order valence-electron chi connectivity index (χ4n) is 1.47. The molecule has 0 bridgehead atoms. The standard InChI is InChI=1S/C15H16F2/c1-11-4-6-15(10-12(11)2)14(8-9-16)7-5-13(3)17/h4-8,10H,3,9H2,1-2H3/b7-5-,14-8+. The molecule has 0 amide bonds. The summed E-state index contributed by atoms with van der Waals surface area (Å²) in [7, 11) is 0. The Bertz CT molecular complexity index is 468. The lowest BCUT2D eigenvalue weighted by molar-refractivity contribution is 0.562. The zero-order valence-corrected chi connectivity index (χ0v) is 10.1. The summed E-state index contributed by atoms with van der Waals surface area (Å²) in [5.74, 6) is -0.543. The minimum absolute atomic E-state index is 0.543. The van der Waals surface area contributed by atoms with E-state index in [4.69, 9.17) is 0 Å². The van der Waals surface area contributed by atoms with Crippen molar-refractivity contribution in [1.29, 1.82) is 0 Å². The first-order valence-corrected chi connectivity index (χ1v) is 5.41. The normalized spacial score (nSPS) is 12.1. The second-order valence-electron chi connectivity index (χ2n) is 3.89. The highest BCUT2D eigenvalue weighted by Gasteiger charge is 2.00. The summed E-state index contributed by atoms with van der Waals surface area (Å²) in [6.45, 7) is 6.56. The van der Waals surface area contributed by atoms with Gasteiger partial charge >= 0.3 is 0 Å². The Morgan fingerprint density at radius 3 is 2.47 bits per heavy atom. The quantitative estimate of drug-likeness (QED) is 0.663. The van der Waals surface area contributed by atoms with Gasteiger partial charge in [-0.15, -0.1) is 0 Å². The van der Waals surface area contributed by atoms with Crippen LogP contribution < -0.4 is 0 Å². The molecule has 1 aromatic rings. The molecule has 0 heterocycles. The first-order valence-electron chi connectivity index (χ1n) is 5.41. The van der Waals surface area contributed by atoms with Crippen molar-refractivity contribution in [2.75, 3.05) is 6.67 Å². The Kier molecular flexibility index (Phi) is 4.83. The Labute approximate surface area is 101 Å². The lowest BCUT2D eigenvalue weighted by Crippen LogP contribution is -1.87. The number of alkyl halides is 1. The van der Waals surface area contributed by atoms with Gasteiger partial charge in [-0.3, -0.25) is 0 Å². The number of hydrogen-bond donors (Lipinski definition) is 0. The van der Waals surface area contributed by atoms with Crippen LogP contribution in [-0.4, -0.2) is 6.67 Å². The van der Waals surface area contributed by atoms with Gasteiger partial charge in [-0.05, 0) is 48.3 Å². The molecule has 0 aliphatic heterocycles. The Morgan fingerprint density at radius 1 is 1.24 bits per heavy atom. The molecule has 0 aliphatic rings. The lowest BCUT2D eigenvalue weighted by Gasteiger charge is -2.06. The number of allylic oxidation sites excluding steroid dienone is 5. The smallest absolute Gasteiger partial charge is 0.116 e. The fourth-order valence-corrected chi connectivity index (χ4v) is 1.47. The van der Waals surface area contributed by atoms with Crippen molar-refractivity contribution >= 4 is 5.57 Å². The summed E-state index contributed by atoms with van der Waals surface area (Å²) in [6.07, 6.45) is 4.19. The molecule has 0 unspecified atom stereocenters. The van der Waals surface area contributed by atoms with Crippen molar-refractivity contribution in [3.63, 3.8) is 0 Å². The minimum Gasteiger partial charge on any atom is -0.247 e. The van der Waals surface area contributed by atoms with Gasteiger partial charge in [-0.25, -0.2) is 8.78 Å². The van der Waals surface area contributed by atoms with Crippen LogP contribution in [0.2, 0.25) is 0 Å². The van der Waals surface area contributed by atoms with Crippen molar-refractivity contribution in [2.45, 2.75) is 13.8 Å². The van der Waals surface area contributed by atoms with Gasteiger partial charge in [0.15, 0.2) is 0 Å². The van der Waals surface area contributed by atoms with Crippen LogP contribution in [0.3, 0.4) is 0 Å². The van der Waals surface area contributed by atoms with Crippen molar-refractivity contribution in [3.05, 3.63) is 65.5 Å². The van der Waals surface area contributed by atoms with Crippen molar-refractivity contribution < 1.29 is 8.78 Å². The topological polar surface area (TPSA) is 0 Å². The van der Waals surface area contributed by atoms with Gasteiger partial charge in [0.1, 0.15) is 12.5 Å². The highest BCUT2D eigenvalue weighted by Crippen LogP contribution is 2.20. The van der Waals surface area contributed by atoms with E-state index in [2.05, 4.69) is 6.58 Å². The highest BCUT2D eigenvalue weighted by molar-refractivity contribution is 5.75. The predicted molar refractivity (Wildman–Crippen MR) is 69.3 cm³/mol. The van der Waals surface area contributed by atoms with E-state index < -0.39 is 12.5 Å². The second-order valence-corrected chi connectivity index (χ2v) is 3.89. The Balaban J connectivity index is 3.10. The molecule has 90 valence electrons. The molecule has 1 aromatic carbocycles. The summed E-state index contributed by atoms with van der Waals surface area (Å²) in [5.41, 5.74) is 3.84. The van der Waals surface area contributed by atoms with Gasteiger partial charge < -0.3 is 0 Å². The van der Waals surface area contributed by atoms with E-state index in [-0.39, 0.29) is 0 Å². The van der Waals surface area contributed by atoms with E-state index >= 15 is 0 Å². The maximum atomic E-state index is 12.6. The molecule has 0 saturated carbocycles. The number of aryl methyl sites for hydroxylation is 2. The third kappa shape index (κ3) is 3.99. The molecule has 0 aromatic heterocycles. The third-order valence-corrected chi connectivity index (χ3v) is 2.58. The average molecular weight is 234 g/mol. The summed E-state index contributed by atoms with van der Waals surface area (Å²) >= 11 is 0. The van der Waals surface area contributed by atoms with E-state index in [0.29, 0.717) is 5.57 Å². The zero-order valence-electron chi connectivity index (χ0n) is 10.1. The molecule has 0 atom stereocenters. The number of benzene rings is 1. The largest absolute Gasteiger partial charge is 0.247 e. The summed E-state index contributed by atoms with van der Waals surface area (Å²) in [6, 6.07) is 5.83. The Hall–Kier alpha value is -1.70. The van der Waals surface area contributed by atoms with Crippen LogP contribution in [0.1, 0.15) is 16.7 Å². The molecule has 0 spiro atoms. The molecule has 1 rings (SSSR count). The van der Waals surface area contributed by atoms with Gasteiger partial charge in [0.25, 0.3) is 0 Å². The van der Waals surface area contributed by atoms with E-state index in [9.17, 15) is 8.78 Å².